The highest BCUT2D eigenvalue weighted by atomic mass is 35.5. The Kier molecular flexibility index (Phi) is 7.46. The summed E-state index contributed by atoms with van der Waals surface area (Å²) in [6, 6.07) is 4.49. The molecule has 0 amide bonds. The van der Waals surface area contributed by atoms with E-state index in [4.69, 9.17) is 16.3 Å². The molecule has 8 nitrogen and oxygen atoms in total. The average Bonchev–Trinajstić information content (AvgIpc) is 2.85. The number of aryl methyl sites for hydroxylation is 2. The van der Waals surface area contributed by atoms with Crippen LogP contribution in [0.1, 0.15) is 42.2 Å². The lowest BCUT2D eigenvalue weighted by atomic mass is 10.1. The van der Waals surface area contributed by atoms with Crippen molar-refractivity contribution in [3.8, 4) is 22.8 Å². The van der Waals surface area contributed by atoms with Gasteiger partial charge in [-0.1, -0.05) is 11.6 Å². The van der Waals surface area contributed by atoms with Crippen LogP contribution in [0.3, 0.4) is 0 Å². The van der Waals surface area contributed by atoms with Gasteiger partial charge in [0.2, 0.25) is 0 Å². The van der Waals surface area contributed by atoms with Gasteiger partial charge in [-0.2, -0.15) is 13.2 Å². The molecule has 0 fully saturated rings. The van der Waals surface area contributed by atoms with Crippen LogP contribution in [0.15, 0.2) is 47.7 Å². The van der Waals surface area contributed by atoms with Crippen LogP contribution in [0.5, 0.6) is 5.75 Å². The minimum absolute atomic E-state index is 0.0705. The molecule has 204 valence electrons. The molecule has 0 saturated heterocycles. The molecule has 0 aliphatic rings. The van der Waals surface area contributed by atoms with Gasteiger partial charge in [0.15, 0.2) is 5.82 Å². The highest BCUT2D eigenvalue weighted by molar-refractivity contribution is 6.31. The van der Waals surface area contributed by atoms with Crippen molar-refractivity contribution in [2.24, 2.45) is 0 Å². The lowest BCUT2D eigenvalue weighted by Gasteiger charge is -2.20. The van der Waals surface area contributed by atoms with Crippen LogP contribution in [0.25, 0.3) is 17.1 Å². The van der Waals surface area contributed by atoms with E-state index >= 15 is 0 Å². The molecular formula is C26H22ClF4N5O3. The largest absolute Gasteiger partial charge is 0.485 e. The van der Waals surface area contributed by atoms with Crippen molar-refractivity contribution in [1.29, 1.82) is 0 Å². The summed E-state index contributed by atoms with van der Waals surface area (Å²) in [4.78, 5) is 29.6. The van der Waals surface area contributed by atoms with Gasteiger partial charge < -0.3 is 9.84 Å². The van der Waals surface area contributed by atoms with Gasteiger partial charge in [0.25, 0.3) is 5.56 Å². The number of pyridine rings is 3. The van der Waals surface area contributed by atoms with E-state index in [0.29, 0.717) is 16.2 Å². The topological polar surface area (TPSA) is 103 Å². The number of rotatable bonds is 6. The maximum absolute atomic E-state index is 14.2. The lowest BCUT2D eigenvalue weighted by molar-refractivity contribution is -0.143. The molecule has 4 aromatic rings. The van der Waals surface area contributed by atoms with Crippen LogP contribution in [-0.4, -0.2) is 29.6 Å². The number of alkyl halides is 3. The van der Waals surface area contributed by atoms with Crippen LogP contribution >= 0.6 is 11.6 Å². The van der Waals surface area contributed by atoms with Gasteiger partial charge >= 0.3 is 6.18 Å². The number of aliphatic hydroxyl groups is 1. The van der Waals surface area contributed by atoms with Gasteiger partial charge in [-0.3, -0.25) is 19.3 Å². The zero-order valence-corrected chi connectivity index (χ0v) is 21.9. The molecule has 0 radical (unpaired) electrons. The van der Waals surface area contributed by atoms with Crippen LogP contribution in [0, 0.1) is 19.7 Å². The number of hydrogen-bond donors (Lipinski definition) is 1. The summed E-state index contributed by atoms with van der Waals surface area (Å²) in [6.45, 7) is 5.50. The van der Waals surface area contributed by atoms with Gasteiger partial charge in [0.1, 0.15) is 40.2 Å². The van der Waals surface area contributed by atoms with Gasteiger partial charge in [0, 0.05) is 24.7 Å². The zero-order chi connectivity index (χ0) is 28.7. The molecule has 0 aliphatic heterocycles. The van der Waals surface area contributed by atoms with Crippen LogP contribution < -0.4 is 10.3 Å². The number of aromatic nitrogens is 5. The Bertz CT molecular complexity index is 1620. The SMILES string of the molecule is Cc1cnc(COc2cc(C(F)(F)F)n(-c3cc(-c4ccnc(C(C)(C)O)n4)ncc3C)c(=O)c2Cl)c(F)c1. The second kappa shape index (κ2) is 10.3. The first-order valence-electron chi connectivity index (χ1n) is 11.5. The standard InChI is InChI=1S/C26H22ClF4N5O3/c1-13-7-15(28)18(33-10-13)12-39-20-9-21(26(29,30)31)36(23(37)22(20)27)19-8-17(34-11-14(19)2)16-5-6-32-24(35-16)25(3,4)38/h5-11,38H,12H2,1-4H3. The maximum Gasteiger partial charge on any atom is 0.432 e. The molecule has 0 bridgehead atoms. The van der Waals surface area contributed by atoms with E-state index in [0.717, 1.165) is 0 Å². The molecule has 0 aromatic carbocycles. The zero-order valence-electron chi connectivity index (χ0n) is 21.1. The lowest BCUT2D eigenvalue weighted by Crippen LogP contribution is -2.28. The van der Waals surface area contributed by atoms with Crippen molar-refractivity contribution in [1.82, 2.24) is 24.5 Å². The van der Waals surface area contributed by atoms with E-state index in [9.17, 15) is 27.5 Å². The summed E-state index contributed by atoms with van der Waals surface area (Å²) in [5.41, 5.74) is -3.17. The quantitative estimate of drug-likeness (QED) is 0.317. The summed E-state index contributed by atoms with van der Waals surface area (Å²) in [6.07, 6.45) is -0.977. The predicted octanol–water partition coefficient (Wildman–Crippen LogP) is 5.32. The molecule has 0 spiro atoms. The Morgan fingerprint density at radius 1 is 1.05 bits per heavy atom. The third-order valence-electron chi connectivity index (χ3n) is 5.61. The minimum Gasteiger partial charge on any atom is -0.485 e. The summed E-state index contributed by atoms with van der Waals surface area (Å²) in [5.74, 6) is -1.22. The van der Waals surface area contributed by atoms with E-state index in [-0.39, 0.29) is 34.2 Å². The Hall–Kier alpha value is -3.90. The normalized spacial score (nSPS) is 12.1. The smallest absolute Gasteiger partial charge is 0.432 e. The van der Waals surface area contributed by atoms with Gasteiger partial charge in [-0.25, -0.2) is 14.4 Å². The highest BCUT2D eigenvalue weighted by Gasteiger charge is 2.37. The van der Waals surface area contributed by atoms with Gasteiger partial charge in [-0.05, 0) is 57.0 Å². The third-order valence-corrected chi connectivity index (χ3v) is 5.95. The second-order valence-electron chi connectivity index (χ2n) is 9.26. The van der Waals surface area contributed by atoms with E-state index < -0.39 is 46.2 Å². The maximum atomic E-state index is 14.2. The van der Waals surface area contributed by atoms with Gasteiger partial charge in [-0.15, -0.1) is 0 Å². The molecule has 0 atom stereocenters. The van der Waals surface area contributed by atoms with Gasteiger partial charge in [0.05, 0.1) is 17.1 Å². The molecule has 4 heterocycles. The second-order valence-corrected chi connectivity index (χ2v) is 9.63. The third kappa shape index (κ3) is 5.91. The van der Waals surface area contributed by atoms with Crippen LogP contribution in [0.2, 0.25) is 5.02 Å². The Balaban J connectivity index is 1.83. The number of ether oxygens (including phenoxy) is 1. The Labute approximate surface area is 225 Å². The molecule has 4 rings (SSSR count). The number of hydrogen-bond acceptors (Lipinski definition) is 7. The van der Waals surface area contributed by atoms with E-state index in [1.54, 1.807) is 6.92 Å². The summed E-state index contributed by atoms with van der Waals surface area (Å²) in [7, 11) is 0. The number of nitrogens with zero attached hydrogens (tertiary/aromatic N) is 5. The summed E-state index contributed by atoms with van der Waals surface area (Å²) < 4.78 is 62.6. The first-order chi connectivity index (χ1) is 18.2. The molecule has 0 aliphatic carbocycles. The molecule has 0 unspecified atom stereocenters. The van der Waals surface area contributed by atoms with Crippen LogP contribution in [0.4, 0.5) is 17.6 Å². The fourth-order valence-electron chi connectivity index (χ4n) is 3.62. The van der Waals surface area contributed by atoms with Crippen molar-refractivity contribution in [2.45, 2.75) is 46.1 Å². The molecule has 1 N–H and O–H groups in total. The van der Waals surface area contributed by atoms with Crippen molar-refractivity contribution >= 4 is 11.6 Å². The number of halogens is 5. The Morgan fingerprint density at radius 3 is 2.41 bits per heavy atom. The molecule has 4 aromatic heterocycles. The average molecular weight is 564 g/mol. The highest BCUT2D eigenvalue weighted by Crippen LogP contribution is 2.36. The minimum atomic E-state index is -5.01. The van der Waals surface area contributed by atoms with Crippen molar-refractivity contribution in [2.75, 3.05) is 0 Å². The first kappa shape index (κ1) is 28.1. The summed E-state index contributed by atoms with van der Waals surface area (Å²) in [5, 5.41) is 9.59. The fraction of sp³-hybridized carbons (Fsp3) is 0.269. The molecule has 13 heteroatoms. The Morgan fingerprint density at radius 2 is 1.77 bits per heavy atom. The monoisotopic (exact) mass is 563 g/mol. The van der Waals surface area contributed by atoms with E-state index in [2.05, 4.69) is 19.9 Å². The molecular weight excluding hydrogens is 542 g/mol. The fourth-order valence-corrected chi connectivity index (χ4v) is 3.82. The van der Waals surface area contributed by atoms with Crippen LogP contribution in [-0.2, 0) is 18.4 Å². The van der Waals surface area contributed by atoms with E-state index in [1.165, 1.54) is 57.6 Å². The van der Waals surface area contributed by atoms with Crippen molar-refractivity contribution in [3.05, 3.63) is 92.4 Å². The summed E-state index contributed by atoms with van der Waals surface area (Å²) >= 11 is 6.18. The van der Waals surface area contributed by atoms with Crippen molar-refractivity contribution in [3.63, 3.8) is 0 Å². The van der Waals surface area contributed by atoms with E-state index in [1.807, 2.05) is 0 Å². The first-order valence-corrected chi connectivity index (χ1v) is 11.8. The van der Waals surface area contributed by atoms with Crippen molar-refractivity contribution < 1.29 is 27.4 Å². The molecule has 39 heavy (non-hydrogen) atoms. The molecule has 0 saturated carbocycles. The predicted molar refractivity (Wildman–Crippen MR) is 134 cm³/mol.